The van der Waals surface area contributed by atoms with Gasteiger partial charge >= 0.3 is 0 Å². The van der Waals surface area contributed by atoms with Crippen molar-refractivity contribution in [2.24, 2.45) is 0 Å². The number of hydrogen-bond acceptors (Lipinski definition) is 2. The molecule has 1 atom stereocenters. The maximum Gasteiger partial charge on any atom is 0.140 e. The van der Waals surface area contributed by atoms with Gasteiger partial charge in [-0.1, -0.05) is 18.2 Å². The Hall–Kier alpha value is -1.31. The second-order valence-corrected chi connectivity index (χ2v) is 3.12. The molecule has 12 heavy (non-hydrogen) atoms. The predicted molar refractivity (Wildman–Crippen MR) is 45.1 cm³/mol. The van der Waals surface area contributed by atoms with Crippen LogP contribution in [0.15, 0.2) is 24.3 Å². The molecular weight excluding hydrogens is 152 g/mol. The van der Waals surface area contributed by atoms with Crippen molar-refractivity contribution in [1.82, 2.24) is 0 Å². The predicted octanol–water partition coefficient (Wildman–Crippen LogP) is 1.84. The number of Topliss-reactive ketones (excluding diaryl/α,β-unsaturated/α-hetero) is 1. The molecule has 1 aliphatic carbocycles. The van der Waals surface area contributed by atoms with E-state index in [0.29, 0.717) is 6.42 Å². The minimum Gasteiger partial charge on any atom is -0.508 e. The molecule has 62 valence electrons. The van der Waals surface area contributed by atoms with Gasteiger partial charge in [0.25, 0.3) is 0 Å². The van der Waals surface area contributed by atoms with E-state index in [1.54, 1.807) is 12.1 Å². The third kappa shape index (κ3) is 0.998. The van der Waals surface area contributed by atoms with Crippen LogP contribution in [0.25, 0.3) is 0 Å². The SMILES string of the molecule is O=C1CCC1c1ccccc1O. The van der Waals surface area contributed by atoms with Gasteiger partial charge in [0.1, 0.15) is 11.5 Å². The minimum absolute atomic E-state index is 0.0359. The van der Waals surface area contributed by atoms with Gasteiger partial charge in [0.05, 0.1) is 0 Å². The van der Waals surface area contributed by atoms with Crippen LogP contribution in [0.1, 0.15) is 24.3 Å². The van der Waals surface area contributed by atoms with E-state index >= 15 is 0 Å². The number of ketones is 1. The molecule has 1 fully saturated rings. The van der Waals surface area contributed by atoms with Crippen molar-refractivity contribution in [2.45, 2.75) is 18.8 Å². The molecule has 0 saturated heterocycles. The average Bonchev–Trinajstić information content (AvgIpc) is 2.06. The molecule has 1 aromatic carbocycles. The Morgan fingerprint density at radius 2 is 2.08 bits per heavy atom. The first kappa shape index (κ1) is 7.35. The lowest BCUT2D eigenvalue weighted by molar-refractivity contribution is -0.125. The second kappa shape index (κ2) is 2.63. The number of aromatic hydroxyl groups is 1. The molecule has 1 aromatic rings. The Bertz CT molecular complexity index is 317. The number of hydrogen-bond donors (Lipinski definition) is 1. The van der Waals surface area contributed by atoms with E-state index in [1.165, 1.54) is 0 Å². The highest BCUT2D eigenvalue weighted by molar-refractivity contribution is 5.91. The van der Waals surface area contributed by atoms with Crippen molar-refractivity contribution < 1.29 is 9.90 Å². The fourth-order valence-electron chi connectivity index (χ4n) is 1.52. The van der Waals surface area contributed by atoms with Crippen molar-refractivity contribution in [3.8, 4) is 5.75 Å². The van der Waals surface area contributed by atoms with E-state index in [0.717, 1.165) is 12.0 Å². The number of benzene rings is 1. The van der Waals surface area contributed by atoms with Crippen LogP contribution in [0.2, 0.25) is 0 Å². The Morgan fingerprint density at radius 1 is 1.33 bits per heavy atom. The van der Waals surface area contributed by atoms with Crippen molar-refractivity contribution in [1.29, 1.82) is 0 Å². The number of phenols is 1. The lowest BCUT2D eigenvalue weighted by Gasteiger charge is -2.24. The van der Waals surface area contributed by atoms with Crippen LogP contribution in [0, 0.1) is 0 Å². The molecule has 0 heterocycles. The van der Waals surface area contributed by atoms with E-state index in [-0.39, 0.29) is 17.5 Å². The van der Waals surface area contributed by atoms with E-state index in [2.05, 4.69) is 0 Å². The van der Waals surface area contributed by atoms with Crippen molar-refractivity contribution in [3.63, 3.8) is 0 Å². The fourth-order valence-corrected chi connectivity index (χ4v) is 1.52. The van der Waals surface area contributed by atoms with Gasteiger partial charge in [-0.05, 0) is 12.5 Å². The molecule has 0 aliphatic heterocycles. The zero-order valence-electron chi connectivity index (χ0n) is 6.66. The summed E-state index contributed by atoms with van der Waals surface area (Å²) in [6.07, 6.45) is 1.55. The molecule has 0 aromatic heterocycles. The summed E-state index contributed by atoms with van der Waals surface area (Å²) in [6, 6.07) is 7.06. The zero-order valence-corrected chi connectivity index (χ0v) is 6.66. The summed E-state index contributed by atoms with van der Waals surface area (Å²) in [5, 5.41) is 9.41. The first-order valence-corrected chi connectivity index (χ1v) is 4.09. The van der Waals surface area contributed by atoms with E-state index in [1.807, 2.05) is 12.1 Å². The van der Waals surface area contributed by atoms with E-state index in [4.69, 9.17) is 0 Å². The summed E-state index contributed by atoms with van der Waals surface area (Å²) in [4.78, 5) is 11.1. The van der Waals surface area contributed by atoms with Crippen LogP contribution < -0.4 is 0 Å². The van der Waals surface area contributed by atoms with Gasteiger partial charge in [0, 0.05) is 17.9 Å². The smallest absolute Gasteiger partial charge is 0.140 e. The molecule has 2 rings (SSSR count). The normalized spacial score (nSPS) is 22.0. The Balaban J connectivity index is 2.33. The van der Waals surface area contributed by atoms with Crippen molar-refractivity contribution >= 4 is 5.78 Å². The zero-order chi connectivity index (χ0) is 8.55. The molecule has 0 amide bonds. The number of rotatable bonds is 1. The van der Waals surface area contributed by atoms with Gasteiger partial charge in [0.2, 0.25) is 0 Å². The molecule has 1 saturated carbocycles. The molecule has 1 unspecified atom stereocenters. The summed E-state index contributed by atoms with van der Waals surface area (Å²) in [7, 11) is 0. The van der Waals surface area contributed by atoms with Crippen molar-refractivity contribution in [3.05, 3.63) is 29.8 Å². The molecule has 0 bridgehead atoms. The third-order valence-electron chi connectivity index (χ3n) is 2.38. The second-order valence-electron chi connectivity index (χ2n) is 3.12. The third-order valence-corrected chi connectivity index (χ3v) is 2.38. The van der Waals surface area contributed by atoms with Gasteiger partial charge in [-0.3, -0.25) is 4.79 Å². The van der Waals surface area contributed by atoms with E-state index in [9.17, 15) is 9.90 Å². The maximum atomic E-state index is 11.1. The minimum atomic E-state index is -0.0359. The molecule has 2 nitrogen and oxygen atoms in total. The van der Waals surface area contributed by atoms with Crippen LogP contribution in [0.5, 0.6) is 5.75 Å². The van der Waals surface area contributed by atoms with Gasteiger partial charge in [0.15, 0.2) is 0 Å². The number of carbonyl (C=O) groups is 1. The summed E-state index contributed by atoms with van der Waals surface area (Å²) in [5.41, 5.74) is 0.786. The van der Waals surface area contributed by atoms with Crippen LogP contribution in [0.3, 0.4) is 0 Å². The Morgan fingerprint density at radius 3 is 2.58 bits per heavy atom. The highest BCUT2D eigenvalue weighted by Gasteiger charge is 2.30. The lowest BCUT2D eigenvalue weighted by Crippen LogP contribution is -2.23. The summed E-state index contributed by atoms with van der Waals surface area (Å²) >= 11 is 0. The van der Waals surface area contributed by atoms with Gasteiger partial charge in [-0.2, -0.15) is 0 Å². The number of carbonyl (C=O) groups excluding carboxylic acids is 1. The van der Waals surface area contributed by atoms with Crippen LogP contribution in [-0.4, -0.2) is 10.9 Å². The van der Waals surface area contributed by atoms with E-state index < -0.39 is 0 Å². The number of para-hydroxylation sites is 1. The average molecular weight is 162 g/mol. The molecule has 0 spiro atoms. The first-order chi connectivity index (χ1) is 5.79. The van der Waals surface area contributed by atoms with Gasteiger partial charge in [-0.25, -0.2) is 0 Å². The maximum absolute atomic E-state index is 11.1. The molecule has 2 heteroatoms. The fraction of sp³-hybridized carbons (Fsp3) is 0.300. The Labute approximate surface area is 70.8 Å². The van der Waals surface area contributed by atoms with Crippen molar-refractivity contribution in [2.75, 3.05) is 0 Å². The highest BCUT2D eigenvalue weighted by atomic mass is 16.3. The highest BCUT2D eigenvalue weighted by Crippen LogP contribution is 2.37. The monoisotopic (exact) mass is 162 g/mol. The molecule has 1 aliphatic rings. The Kier molecular flexibility index (Phi) is 1.61. The summed E-state index contributed by atoms with van der Waals surface area (Å²) in [5.74, 6) is 0.457. The van der Waals surface area contributed by atoms with Crippen LogP contribution >= 0.6 is 0 Å². The van der Waals surface area contributed by atoms with Gasteiger partial charge in [-0.15, -0.1) is 0 Å². The van der Waals surface area contributed by atoms with Gasteiger partial charge < -0.3 is 5.11 Å². The van der Waals surface area contributed by atoms with Crippen LogP contribution in [0.4, 0.5) is 0 Å². The summed E-state index contributed by atoms with van der Waals surface area (Å²) < 4.78 is 0. The largest absolute Gasteiger partial charge is 0.508 e. The molecule has 0 radical (unpaired) electrons. The lowest BCUT2D eigenvalue weighted by atomic mass is 9.78. The quantitative estimate of drug-likeness (QED) is 0.684. The molecular formula is C10H10O2. The first-order valence-electron chi connectivity index (χ1n) is 4.09. The van der Waals surface area contributed by atoms with Crippen LogP contribution in [-0.2, 0) is 4.79 Å². The topological polar surface area (TPSA) is 37.3 Å². The summed E-state index contributed by atoms with van der Waals surface area (Å²) in [6.45, 7) is 0. The molecule has 1 N–H and O–H groups in total. The standard InChI is InChI=1S/C10H10O2/c11-9-4-2-1-3-7(9)8-5-6-10(8)12/h1-4,8,11H,5-6H2. The number of phenolic OH excluding ortho intramolecular Hbond substituents is 1.